The molecule has 5 heteroatoms. The van der Waals surface area contributed by atoms with Crippen LogP contribution in [0.3, 0.4) is 0 Å². The van der Waals surface area contributed by atoms with Crippen LogP contribution in [0.15, 0.2) is 18.2 Å². The van der Waals surface area contributed by atoms with E-state index in [1.165, 1.54) is 11.1 Å². The summed E-state index contributed by atoms with van der Waals surface area (Å²) >= 11 is 0. The third-order valence-electron chi connectivity index (χ3n) is 6.89. The van der Waals surface area contributed by atoms with Gasteiger partial charge < -0.3 is 20.1 Å². The van der Waals surface area contributed by atoms with Gasteiger partial charge in [-0.15, -0.1) is 0 Å². The Labute approximate surface area is 149 Å². The minimum Gasteiger partial charge on any atom is -0.497 e. The lowest BCUT2D eigenvalue weighted by Crippen LogP contribution is -2.67. The van der Waals surface area contributed by atoms with E-state index in [9.17, 15) is 4.79 Å². The Morgan fingerprint density at radius 3 is 3.16 bits per heavy atom. The first kappa shape index (κ1) is 16.9. The van der Waals surface area contributed by atoms with E-state index in [0.29, 0.717) is 18.5 Å². The molecule has 0 bridgehead atoms. The van der Waals surface area contributed by atoms with Gasteiger partial charge in [0, 0.05) is 24.6 Å². The second kappa shape index (κ2) is 6.29. The normalized spacial score (nSPS) is 35.6. The summed E-state index contributed by atoms with van der Waals surface area (Å²) in [6, 6.07) is 6.86. The fourth-order valence-electron chi connectivity index (χ4n) is 5.85. The highest BCUT2D eigenvalue weighted by atomic mass is 16.5. The van der Waals surface area contributed by atoms with Crippen LogP contribution in [-0.4, -0.2) is 44.9 Å². The lowest BCUT2D eigenvalue weighted by Gasteiger charge is -2.54. The summed E-state index contributed by atoms with van der Waals surface area (Å²) in [5, 5.41) is 6.52. The van der Waals surface area contributed by atoms with Crippen LogP contribution in [0.1, 0.15) is 37.3 Å². The van der Waals surface area contributed by atoms with Gasteiger partial charge in [-0.3, -0.25) is 4.79 Å². The number of carbonyl (C=O) groups is 1. The van der Waals surface area contributed by atoms with Crippen molar-refractivity contribution >= 4 is 6.41 Å². The zero-order valence-corrected chi connectivity index (χ0v) is 15.1. The predicted molar refractivity (Wildman–Crippen MR) is 95.9 cm³/mol. The molecule has 4 atom stereocenters. The first-order valence-corrected chi connectivity index (χ1v) is 9.40. The monoisotopic (exact) mass is 344 g/mol. The molecule has 4 unspecified atom stereocenters. The molecule has 1 aliphatic carbocycles. The Morgan fingerprint density at radius 1 is 1.48 bits per heavy atom. The molecule has 1 aromatic rings. The molecule has 2 N–H and O–H groups in total. The number of carbonyl (C=O) groups excluding carboxylic acids is 1. The second-order valence-corrected chi connectivity index (χ2v) is 7.69. The van der Waals surface area contributed by atoms with E-state index in [-0.39, 0.29) is 11.0 Å². The molecule has 2 saturated heterocycles. The molecule has 2 aliphatic heterocycles. The summed E-state index contributed by atoms with van der Waals surface area (Å²) in [6.45, 7) is 4.80. The third kappa shape index (κ3) is 2.25. The molecule has 136 valence electrons. The summed E-state index contributed by atoms with van der Waals surface area (Å²) in [7, 11) is 1.74. The fraction of sp³-hybridized carbons (Fsp3) is 0.650. The van der Waals surface area contributed by atoms with E-state index < -0.39 is 0 Å². The molecule has 0 radical (unpaired) electrons. The van der Waals surface area contributed by atoms with Crippen LogP contribution in [0.5, 0.6) is 5.75 Å². The molecule has 0 saturated carbocycles. The smallest absolute Gasteiger partial charge is 0.207 e. The van der Waals surface area contributed by atoms with Gasteiger partial charge in [-0.05, 0) is 68.3 Å². The number of methoxy groups -OCH3 is 1. The molecule has 3 aliphatic rings. The Bertz CT molecular complexity index is 664. The summed E-state index contributed by atoms with van der Waals surface area (Å²) in [4.78, 5) is 10.6. The van der Waals surface area contributed by atoms with Gasteiger partial charge in [-0.25, -0.2) is 0 Å². The topological polar surface area (TPSA) is 59.6 Å². The van der Waals surface area contributed by atoms with Crippen LogP contribution in [-0.2, 0) is 21.4 Å². The quantitative estimate of drug-likeness (QED) is 0.610. The number of nitrogens with one attached hydrogen (secondary N) is 2. The second-order valence-electron chi connectivity index (χ2n) is 7.69. The van der Waals surface area contributed by atoms with Crippen molar-refractivity contribution in [3.8, 4) is 5.75 Å². The SMILES string of the molecule is COc1ccc2c(c1)C13CCOC1(CCCNC=O)C(C)NCC3C2. The minimum atomic E-state index is -0.210. The highest BCUT2D eigenvalue weighted by Crippen LogP contribution is 2.61. The fourth-order valence-corrected chi connectivity index (χ4v) is 5.85. The minimum absolute atomic E-state index is 0.0583. The lowest BCUT2D eigenvalue weighted by atomic mass is 9.57. The van der Waals surface area contributed by atoms with E-state index in [1.807, 2.05) is 0 Å². The first-order chi connectivity index (χ1) is 12.2. The molecule has 0 aromatic heterocycles. The van der Waals surface area contributed by atoms with Crippen molar-refractivity contribution in [2.75, 3.05) is 26.8 Å². The van der Waals surface area contributed by atoms with Gasteiger partial charge in [-0.1, -0.05) is 6.07 Å². The van der Waals surface area contributed by atoms with Gasteiger partial charge in [-0.2, -0.15) is 0 Å². The lowest BCUT2D eigenvalue weighted by molar-refractivity contribution is -0.110. The third-order valence-corrected chi connectivity index (χ3v) is 6.89. The molecular weight excluding hydrogens is 316 g/mol. The van der Waals surface area contributed by atoms with E-state index >= 15 is 0 Å². The van der Waals surface area contributed by atoms with Crippen LogP contribution >= 0.6 is 0 Å². The zero-order valence-electron chi connectivity index (χ0n) is 15.1. The highest BCUT2D eigenvalue weighted by molar-refractivity contribution is 5.50. The first-order valence-electron chi connectivity index (χ1n) is 9.40. The number of fused-ring (bicyclic) bond motifs is 1. The zero-order chi connectivity index (χ0) is 17.5. The standard InChI is InChI=1S/C20H28N2O3/c1-14-20(6-3-8-21-13-23)19(7-9-25-20)16(12-22-14)10-15-4-5-17(24-2)11-18(15)19/h4-5,11,13-14,16,22H,3,6-10,12H2,1-2H3,(H,21,23). The number of amides is 1. The molecular formula is C20H28N2O3. The average molecular weight is 344 g/mol. The van der Waals surface area contributed by atoms with Gasteiger partial charge in [0.1, 0.15) is 5.75 Å². The average Bonchev–Trinajstić information content (AvgIpc) is 3.18. The molecule has 1 spiro atoms. The highest BCUT2D eigenvalue weighted by Gasteiger charge is 2.67. The van der Waals surface area contributed by atoms with Crippen molar-refractivity contribution < 1.29 is 14.3 Å². The van der Waals surface area contributed by atoms with Gasteiger partial charge in [0.25, 0.3) is 0 Å². The van der Waals surface area contributed by atoms with Crippen LogP contribution in [0.4, 0.5) is 0 Å². The van der Waals surface area contributed by atoms with Crippen LogP contribution < -0.4 is 15.4 Å². The van der Waals surface area contributed by atoms with E-state index in [4.69, 9.17) is 9.47 Å². The summed E-state index contributed by atoms with van der Waals surface area (Å²) in [5.41, 5.74) is 2.73. The number of rotatable bonds is 6. The number of benzene rings is 1. The van der Waals surface area contributed by atoms with Crippen molar-refractivity contribution in [1.82, 2.24) is 10.6 Å². The molecule has 2 fully saturated rings. The molecule has 2 heterocycles. The van der Waals surface area contributed by atoms with Crippen LogP contribution in [0, 0.1) is 5.92 Å². The van der Waals surface area contributed by atoms with Crippen molar-refractivity contribution in [1.29, 1.82) is 0 Å². The number of hydrogen-bond acceptors (Lipinski definition) is 4. The molecule has 5 nitrogen and oxygen atoms in total. The molecule has 1 amide bonds. The Kier molecular flexibility index (Phi) is 4.24. The maximum absolute atomic E-state index is 10.6. The molecule has 25 heavy (non-hydrogen) atoms. The predicted octanol–water partition coefficient (Wildman–Crippen LogP) is 1.78. The largest absolute Gasteiger partial charge is 0.497 e. The van der Waals surface area contributed by atoms with E-state index in [1.54, 1.807) is 7.11 Å². The van der Waals surface area contributed by atoms with Crippen molar-refractivity contribution in [2.24, 2.45) is 5.92 Å². The Hall–Kier alpha value is -1.59. The van der Waals surface area contributed by atoms with Gasteiger partial charge >= 0.3 is 0 Å². The van der Waals surface area contributed by atoms with Gasteiger partial charge in [0.2, 0.25) is 6.41 Å². The molecule has 1 aromatic carbocycles. The van der Waals surface area contributed by atoms with Gasteiger partial charge in [0.15, 0.2) is 0 Å². The van der Waals surface area contributed by atoms with Crippen molar-refractivity contribution in [3.63, 3.8) is 0 Å². The van der Waals surface area contributed by atoms with Gasteiger partial charge in [0.05, 0.1) is 12.7 Å². The van der Waals surface area contributed by atoms with Crippen LogP contribution in [0.25, 0.3) is 0 Å². The van der Waals surface area contributed by atoms with Crippen molar-refractivity contribution in [2.45, 2.75) is 49.7 Å². The maximum Gasteiger partial charge on any atom is 0.207 e. The maximum atomic E-state index is 10.6. The Balaban J connectivity index is 1.76. The number of hydrogen-bond donors (Lipinski definition) is 2. The number of ether oxygens (including phenoxy) is 2. The summed E-state index contributed by atoms with van der Waals surface area (Å²) in [5.74, 6) is 1.50. The summed E-state index contributed by atoms with van der Waals surface area (Å²) < 4.78 is 12.1. The Morgan fingerprint density at radius 2 is 2.36 bits per heavy atom. The van der Waals surface area contributed by atoms with Crippen molar-refractivity contribution in [3.05, 3.63) is 29.3 Å². The van der Waals surface area contributed by atoms with Crippen LogP contribution in [0.2, 0.25) is 0 Å². The van der Waals surface area contributed by atoms with E-state index in [0.717, 1.165) is 51.0 Å². The number of piperidine rings is 1. The molecule has 4 rings (SSSR count). The van der Waals surface area contributed by atoms with E-state index in [2.05, 4.69) is 35.8 Å². The summed E-state index contributed by atoms with van der Waals surface area (Å²) in [6.07, 6.45) is 4.85.